The van der Waals surface area contributed by atoms with E-state index in [4.69, 9.17) is 6.58 Å². The molecule has 0 aromatic heterocycles. The molecule has 0 heterocycles. The van der Waals surface area contributed by atoms with E-state index in [1.165, 1.54) is 12.8 Å². The van der Waals surface area contributed by atoms with Crippen LogP contribution in [0.15, 0.2) is 30.0 Å². The van der Waals surface area contributed by atoms with E-state index in [0.29, 0.717) is 6.42 Å². The molecule has 0 N–H and O–H groups in total. The van der Waals surface area contributed by atoms with Crippen molar-refractivity contribution in [3.8, 4) is 0 Å². The molecule has 0 aliphatic heterocycles. The molecule has 1 rings (SSSR count). The van der Waals surface area contributed by atoms with Crippen LogP contribution >= 0.6 is 0 Å². The first kappa shape index (κ1) is 22.7. The third kappa shape index (κ3) is 13.4. The van der Waals surface area contributed by atoms with Crippen molar-refractivity contribution in [2.45, 2.75) is 67.2 Å². The lowest BCUT2D eigenvalue weighted by Gasteiger charge is -2.00. The number of Topliss-reactive ketones (excluding diaryl/α,β-unsaturated/α-hetero) is 1. The van der Waals surface area contributed by atoms with Crippen LogP contribution in [-0.2, 0) is 11.2 Å². The normalized spacial score (nSPS) is 8.86. The van der Waals surface area contributed by atoms with Gasteiger partial charge in [0.05, 0.1) is 0 Å². The summed E-state index contributed by atoms with van der Waals surface area (Å²) in [5, 5.41) is 0. The van der Waals surface area contributed by atoms with Gasteiger partial charge in [-0.1, -0.05) is 71.7 Å². The van der Waals surface area contributed by atoms with Crippen LogP contribution in [-0.4, -0.2) is 5.78 Å². The van der Waals surface area contributed by atoms with Crippen molar-refractivity contribution in [2.75, 3.05) is 0 Å². The van der Waals surface area contributed by atoms with Gasteiger partial charge in [-0.3, -0.25) is 0 Å². The number of carbonyl (C=O) groups excluding carboxylic acids is 1. The summed E-state index contributed by atoms with van der Waals surface area (Å²) < 4.78 is 0. The van der Waals surface area contributed by atoms with Gasteiger partial charge in [0, 0.05) is 7.85 Å². The lowest BCUT2D eigenvalue weighted by molar-refractivity contribution is -0.116. The number of benzene rings is 1. The van der Waals surface area contributed by atoms with Gasteiger partial charge in [0.1, 0.15) is 5.78 Å². The summed E-state index contributed by atoms with van der Waals surface area (Å²) in [6.07, 6.45) is 5.77. The minimum atomic E-state index is 0. The summed E-state index contributed by atoms with van der Waals surface area (Å²) in [6, 6.07) is 7.94. The minimum Gasteiger partial charge on any atom is -0.300 e. The van der Waals surface area contributed by atoms with E-state index in [1.54, 1.807) is 13.0 Å². The van der Waals surface area contributed by atoms with E-state index in [-0.39, 0.29) is 7.21 Å². The number of hydrogen-bond donors (Lipinski definition) is 0. The van der Waals surface area contributed by atoms with Gasteiger partial charge in [-0.25, -0.2) is 0 Å². The Labute approximate surface area is 139 Å². The topological polar surface area (TPSA) is 17.1 Å². The smallest absolute Gasteiger partial charge is 0.130 e. The van der Waals surface area contributed by atoms with Crippen LogP contribution in [0.4, 0.5) is 0 Å². The van der Waals surface area contributed by atoms with E-state index >= 15 is 0 Å². The molecule has 0 aliphatic rings. The summed E-state index contributed by atoms with van der Waals surface area (Å²) in [7, 11) is 0. The van der Waals surface area contributed by atoms with Gasteiger partial charge in [0.15, 0.2) is 0 Å². The molecule has 0 spiro atoms. The predicted molar refractivity (Wildman–Crippen MR) is 99.9 cm³/mol. The summed E-state index contributed by atoms with van der Waals surface area (Å²) in [5.41, 5.74) is 4.66. The van der Waals surface area contributed by atoms with Crippen LogP contribution in [0.25, 0.3) is 6.08 Å². The highest BCUT2D eigenvalue weighted by atomic mass is 16.1. The molecular weight excluding hydrogens is 268 g/mol. The maximum absolute atomic E-state index is 10.8. The first-order valence-corrected chi connectivity index (χ1v) is 8.41. The largest absolute Gasteiger partial charge is 0.300 e. The highest BCUT2D eigenvalue weighted by Gasteiger charge is 1.96. The molecule has 0 saturated carbocycles. The predicted octanol–water partition coefficient (Wildman–Crippen LogP) is 6.39. The highest BCUT2D eigenvalue weighted by Crippen LogP contribution is 2.08. The van der Waals surface area contributed by atoms with E-state index in [1.807, 2.05) is 38.1 Å². The van der Waals surface area contributed by atoms with Crippen molar-refractivity contribution in [2.24, 2.45) is 5.92 Å². The molecule has 0 amide bonds. The van der Waals surface area contributed by atoms with Crippen LogP contribution in [0.1, 0.15) is 73.4 Å². The zero-order valence-corrected chi connectivity index (χ0v) is 15.3. The van der Waals surface area contributed by atoms with Crippen molar-refractivity contribution in [3.63, 3.8) is 0 Å². The molecule has 0 unspecified atom stereocenters. The Balaban J connectivity index is -0.000000379. The molecule has 1 heteroatoms. The number of ketones is 1. The molecule has 2 radical (unpaired) electrons. The number of aryl methyl sites for hydroxylation is 1. The maximum atomic E-state index is 10.8. The maximum Gasteiger partial charge on any atom is 0.130 e. The fraction of sp³-hybridized carbons (Fsp3) is 0.524. The van der Waals surface area contributed by atoms with Crippen molar-refractivity contribution >= 4 is 11.9 Å². The van der Waals surface area contributed by atoms with Gasteiger partial charge in [-0.15, -0.1) is 5.73 Å². The molecule has 0 aliphatic carbocycles. The standard InChI is InChI=1S/C13H13O.C6H14.C2H6.H/c1-3-5-12-6-4-7-13(10-12)9-8-11(2)14;1-4-6(3)5-2;1-2;/h1,4-7,10H,8-9H2,2H3;6H,4-5H2,1-3H3;1-2H3;. The Morgan fingerprint density at radius 1 is 1.32 bits per heavy atom. The first-order chi connectivity index (χ1) is 10.5. The van der Waals surface area contributed by atoms with Crippen molar-refractivity contribution in [1.82, 2.24) is 0 Å². The molecule has 124 valence electrons. The second kappa shape index (κ2) is 15.8. The lowest BCUT2D eigenvalue weighted by atomic mass is 10.1. The lowest BCUT2D eigenvalue weighted by Crippen LogP contribution is -1.93. The van der Waals surface area contributed by atoms with E-state index in [9.17, 15) is 4.79 Å². The molecule has 0 bridgehead atoms. The number of rotatable bonds is 6. The zero-order valence-electron chi connectivity index (χ0n) is 16.3. The van der Waals surface area contributed by atoms with E-state index < -0.39 is 0 Å². The molecule has 1 aromatic rings. The summed E-state index contributed by atoms with van der Waals surface area (Å²) in [4.78, 5) is 10.8. The van der Waals surface area contributed by atoms with Gasteiger partial charge in [0.2, 0.25) is 0 Å². The molecule has 22 heavy (non-hydrogen) atoms. The first-order valence-electron chi connectivity index (χ1n) is 8.41. The summed E-state index contributed by atoms with van der Waals surface area (Å²) in [6.45, 7) is 17.5. The molecule has 0 atom stereocenters. The third-order valence-electron chi connectivity index (χ3n) is 3.36. The van der Waals surface area contributed by atoms with Gasteiger partial charge < -0.3 is 4.79 Å². The van der Waals surface area contributed by atoms with Gasteiger partial charge in [0.25, 0.3) is 0 Å². The third-order valence-corrected chi connectivity index (χ3v) is 3.36. The quantitative estimate of drug-likeness (QED) is 0.556. The van der Waals surface area contributed by atoms with Crippen LogP contribution in [0.3, 0.4) is 0 Å². The van der Waals surface area contributed by atoms with Crippen molar-refractivity contribution < 1.29 is 6.22 Å². The second-order valence-corrected chi connectivity index (χ2v) is 5.18. The summed E-state index contributed by atoms with van der Waals surface area (Å²) >= 11 is 0. The van der Waals surface area contributed by atoms with Crippen LogP contribution in [0.5, 0.6) is 0 Å². The van der Waals surface area contributed by atoms with Gasteiger partial charge in [-0.05, 0) is 43.0 Å². The Hall–Kier alpha value is -1.59. The molecule has 1 aromatic carbocycles. The summed E-state index contributed by atoms with van der Waals surface area (Å²) in [5.74, 6) is 1.15. The fourth-order valence-corrected chi connectivity index (χ4v) is 1.54. The van der Waals surface area contributed by atoms with Gasteiger partial charge in [-0.2, -0.15) is 0 Å². The van der Waals surface area contributed by atoms with E-state index in [0.717, 1.165) is 23.5 Å². The zero-order chi connectivity index (χ0) is 17.4. The number of carbonyl (C=O) groups is 1. The Morgan fingerprint density at radius 2 is 1.91 bits per heavy atom. The van der Waals surface area contributed by atoms with Crippen molar-refractivity contribution in [3.05, 3.63) is 47.7 Å². The molecular formula is C21H34O. The minimum absolute atomic E-state index is 0. The van der Waals surface area contributed by atoms with Crippen LogP contribution in [0.2, 0.25) is 0 Å². The van der Waals surface area contributed by atoms with Crippen LogP contribution in [0, 0.1) is 12.5 Å². The average molecular weight is 303 g/mol. The van der Waals surface area contributed by atoms with Gasteiger partial charge >= 0.3 is 0 Å². The van der Waals surface area contributed by atoms with Crippen LogP contribution < -0.4 is 0 Å². The molecule has 1 nitrogen and oxygen atoms in total. The second-order valence-electron chi connectivity index (χ2n) is 5.18. The Bertz CT molecular complexity index is 441. The monoisotopic (exact) mass is 302 g/mol. The van der Waals surface area contributed by atoms with Crippen molar-refractivity contribution in [1.29, 1.82) is 0 Å². The molecule has 0 fully saturated rings. The molecule has 0 saturated heterocycles. The average Bonchev–Trinajstić information content (AvgIpc) is 2.55. The number of hydrogen-bond acceptors (Lipinski definition) is 1. The SMILES string of the molecule is CC.CCC(C)CC.[CH]=C=Cc1cccc(CCC(C)=O)c1.[H]. The van der Waals surface area contributed by atoms with E-state index in [2.05, 4.69) is 26.5 Å². The Morgan fingerprint density at radius 3 is 2.32 bits per heavy atom. The fourth-order valence-electron chi connectivity index (χ4n) is 1.54. The highest BCUT2D eigenvalue weighted by molar-refractivity contribution is 5.75. The Kier molecular flexibility index (Phi) is 16.3.